The second-order valence-corrected chi connectivity index (χ2v) is 5.34. The van der Waals surface area contributed by atoms with Gasteiger partial charge in [-0.05, 0) is 33.8 Å². The lowest BCUT2D eigenvalue weighted by atomic mass is 10.2. The van der Waals surface area contributed by atoms with Crippen LogP contribution >= 0.6 is 0 Å². The third-order valence-electron chi connectivity index (χ3n) is 3.27. The maximum Gasteiger partial charge on any atom is 0.340 e. The first-order chi connectivity index (χ1) is 9.88. The number of rotatable bonds is 7. The third kappa shape index (κ3) is 4.60. The van der Waals surface area contributed by atoms with Crippen LogP contribution in [0.1, 0.15) is 38.1 Å². The summed E-state index contributed by atoms with van der Waals surface area (Å²) in [6.45, 7) is 9.79. The van der Waals surface area contributed by atoms with Gasteiger partial charge in [-0.25, -0.2) is 9.78 Å². The first-order valence-electron chi connectivity index (χ1n) is 7.09. The van der Waals surface area contributed by atoms with Crippen LogP contribution in [0.5, 0.6) is 5.88 Å². The van der Waals surface area contributed by atoms with E-state index in [0.717, 1.165) is 6.54 Å². The topological polar surface area (TPSA) is 77.7 Å². The number of ether oxygens (including phenoxy) is 2. The maximum absolute atomic E-state index is 11.6. The summed E-state index contributed by atoms with van der Waals surface area (Å²) in [5, 5.41) is 0. The van der Waals surface area contributed by atoms with Gasteiger partial charge in [0.2, 0.25) is 5.88 Å². The average Bonchev–Trinajstić information content (AvgIpc) is 2.43. The Kier molecular flexibility index (Phi) is 6.42. The summed E-state index contributed by atoms with van der Waals surface area (Å²) in [6.07, 6.45) is 1.49. The molecule has 0 unspecified atom stereocenters. The van der Waals surface area contributed by atoms with E-state index in [0.29, 0.717) is 18.7 Å². The van der Waals surface area contributed by atoms with Crippen LogP contribution < -0.4 is 10.5 Å². The van der Waals surface area contributed by atoms with Crippen LogP contribution in [0.2, 0.25) is 0 Å². The zero-order chi connectivity index (χ0) is 16.0. The summed E-state index contributed by atoms with van der Waals surface area (Å²) in [6, 6.07) is 2.38. The molecule has 1 aromatic heterocycles. The standard InChI is InChI=1S/C15H25N3O3/c1-10(2)18(11(3)4)8-9-21-14-13(16)12(6-7-17-14)15(19)20-5/h6-7,10-11H,8-9,16H2,1-5H3. The molecule has 0 radical (unpaired) electrons. The second-order valence-electron chi connectivity index (χ2n) is 5.34. The Morgan fingerprint density at radius 1 is 1.33 bits per heavy atom. The van der Waals surface area contributed by atoms with Crippen LogP contribution in [0.4, 0.5) is 5.69 Å². The molecular weight excluding hydrogens is 270 g/mol. The van der Waals surface area contributed by atoms with Gasteiger partial charge in [-0.1, -0.05) is 0 Å². The Labute approximate surface area is 126 Å². The molecular formula is C15H25N3O3. The van der Waals surface area contributed by atoms with Crippen molar-refractivity contribution in [2.24, 2.45) is 0 Å². The summed E-state index contributed by atoms with van der Waals surface area (Å²) < 4.78 is 10.3. The van der Waals surface area contributed by atoms with Crippen molar-refractivity contribution in [2.45, 2.75) is 39.8 Å². The van der Waals surface area contributed by atoms with Gasteiger partial charge in [0, 0.05) is 24.8 Å². The van der Waals surface area contributed by atoms with Crippen LogP contribution in [0.3, 0.4) is 0 Å². The molecule has 0 spiro atoms. The molecule has 1 rings (SSSR count). The Morgan fingerprint density at radius 2 is 1.95 bits per heavy atom. The Hall–Kier alpha value is -1.82. The van der Waals surface area contributed by atoms with E-state index in [-0.39, 0.29) is 17.1 Å². The summed E-state index contributed by atoms with van der Waals surface area (Å²) in [7, 11) is 1.31. The molecule has 1 heterocycles. The van der Waals surface area contributed by atoms with Gasteiger partial charge in [0.05, 0.1) is 12.7 Å². The second kappa shape index (κ2) is 7.83. The van der Waals surface area contributed by atoms with E-state index in [1.807, 2.05) is 0 Å². The van der Waals surface area contributed by atoms with Gasteiger partial charge in [-0.15, -0.1) is 0 Å². The molecule has 6 heteroatoms. The molecule has 0 amide bonds. The van der Waals surface area contributed by atoms with E-state index in [2.05, 4.69) is 42.3 Å². The van der Waals surface area contributed by atoms with Crippen LogP contribution in [0.15, 0.2) is 12.3 Å². The molecule has 0 aliphatic heterocycles. The van der Waals surface area contributed by atoms with Crippen molar-refractivity contribution in [2.75, 3.05) is 26.0 Å². The first-order valence-corrected chi connectivity index (χ1v) is 7.09. The highest BCUT2D eigenvalue weighted by molar-refractivity contribution is 5.95. The molecule has 0 atom stereocenters. The van der Waals surface area contributed by atoms with Crippen molar-refractivity contribution >= 4 is 11.7 Å². The van der Waals surface area contributed by atoms with Crippen molar-refractivity contribution in [3.05, 3.63) is 17.8 Å². The minimum Gasteiger partial charge on any atom is -0.475 e. The van der Waals surface area contributed by atoms with Gasteiger partial charge in [0.25, 0.3) is 0 Å². The van der Waals surface area contributed by atoms with Crippen molar-refractivity contribution in [1.29, 1.82) is 0 Å². The fourth-order valence-electron chi connectivity index (χ4n) is 2.22. The summed E-state index contributed by atoms with van der Waals surface area (Å²) in [5.41, 5.74) is 6.38. The molecule has 0 aliphatic rings. The van der Waals surface area contributed by atoms with Crippen LogP contribution in [0.25, 0.3) is 0 Å². The number of hydrogen-bond donors (Lipinski definition) is 1. The molecule has 1 aromatic rings. The Bertz CT molecular complexity index is 467. The van der Waals surface area contributed by atoms with Gasteiger partial charge >= 0.3 is 5.97 Å². The molecule has 2 N–H and O–H groups in total. The SMILES string of the molecule is COC(=O)c1ccnc(OCCN(C(C)C)C(C)C)c1N. The third-order valence-corrected chi connectivity index (χ3v) is 3.27. The first kappa shape index (κ1) is 17.2. The fourth-order valence-corrected chi connectivity index (χ4v) is 2.22. The van der Waals surface area contributed by atoms with Crippen LogP contribution in [-0.4, -0.2) is 48.2 Å². The Morgan fingerprint density at radius 3 is 2.48 bits per heavy atom. The van der Waals surface area contributed by atoms with E-state index in [9.17, 15) is 4.79 Å². The van der Waals surface area contributed by atoms with E-state index in [4.69, 9.17) is 10.5 Å². The molecule has 21 heavy (non-hydrogen) atoms. The Balaban J connectivity index is 2.70. The molecule has 6 nitrogen and oxygen atoms in total. The highest BCUT2D eigenvalue weighted by atomic mass is 16.5. The van der Waals surface area contributed by atoms with Crippen molar-refractivity contribution in [3.8, 4) is 5.88 Å². The highest BCUT2D eigenvalue weighted by Gasteiger charge is 2.16. The predicted octanol–water partition coefficient (Wildman–Crippen LogP) is 1.95. The number of methoxy groups -OCH3 is 1. The van der Waals surface area contributed by atoms with Crippen molar-refractivity contribution in [3.63, 3.8) is 0 Å². The van der Waals surface area contributed by atoms with Gasteiger partial charge in [0.1, 0.15) is 12.3 Å². The minimum atomic E-state index is -0.495. The number of hydrogen-bond acceptors (Lipinski definition) is 6. The molecule has 0 fully saturated rings. The van der Waals surface area contributed by atoms with Gasteiger partial charge in [-0.2, -0.15) is 0 Å². The molecule has 0 saturated carbocycles. The normalized spacial score (nSPS) is 11.2. The minimum absolute atomic E-state index is 0.213. The summed E-state index contributed by atoms with van der Waals surface area (Å²) >= 11 is 0. The van der Waals surface area contributed by atoms with Crippen molar-refractivity contribution in [1.82, 2.24) is 9.88 Å². The summed E-state index contributed by atoms with van der Waals surface area (Å²) in [5.74, 6) is -0.226. The van der Waals surface area contributed by atoms with Gasteiger partial charge in [-0.3, -0.25) is 4.90 Å². The average molecular weight is 295 g/mol. The summed E-state index contributed by atoms with van der Waals surface area (Å²) in [4.78, 5) is 17.9. The highest BCUT2D eigenvalue weighted by Crippen LogP contribution is 2.22. The number of pyridine rings is 1. The zero-order valence-electron chi connectivity index (χ0n) is 13.4. The van der Waals surface area contributed by atoms with Gasteiger partial charge in [0.15, 0.2) is 0 Å². The largest absolute Gasteiger partial charge is 0.475 e. The number of nitrogens with two attached hydrogens (primary N) is 1. The quantitative estimate of drug-likeness (QED) is 0.775. The van der Waals surface area contributed by atoms with E-state index in [1.54, 1.807) is 0 Å². The lowest BCUT2D eigenvalue weighted by Crippen LogP contribution is -2.39. The lowest BCUT2D eigenvalue weighted by molar-refractivity contribution is 0.0601. The number of aromatic nitrogens is 1. The number of carbonyl (C=O) groups excluding carboxylic acids is 1. The van der Waals surface area contributed by atoms with Crippen molar-refractivity contribution < 1.29 is 14.3 Å². The zero-order valence-corrected chi connectivity index (χ0v) is 13.4. The number of anilines is 1. The fraction of sp³-hybridized carbons (Fsp3) is 0.600. The van der Waals surface area contributed by atoms with E-state index >= 15 is 0 Å². The molecule has 0 aromatic carbocycles. The molecule has 0 bridgehead atoms. The van der Waals surface area contributed by atoms with Crippen LogP contribution in [0, 0.1) is 0 Å². The number of nitrogen functional groups attached to an aromatic ring is 1. The number of nitrogens with zero attached hydrogens (tertiary/aromatic N) is 2. The van der Waals surface area contributed by atoms with Crippen LogP contribution in [-0.2, 0) is 4.74 Å². The van der Waals surface area contributed by atoms with E-state index < -0.39 is 5.97 Å². The molecule has 118 valence electrons. The smallest absolute Gasteiger partial charge is 0.340 e. The monoisotopic (exact) mass is 295 g/mol. The van der Waals surface area contributed by atoms with Gasteiger partial charge < -0.3 is 15.2 Å². The number of esters is 1. The van der Waals surface area contributed by atoms with E-state index in [1.165, 1.54) is 19.4 Å². The number of carbonyl (C=O) groups is 1. The molecule has 0 aliphatic carbocycles. The lowest BCUT2D eigenvalue weighted by Gasteiger charge is -2.30. The maximum atomic E-state index is 11.6. The predicted molar refractivity (Wildman–Crippen MR) is 82.5 cm³/mol. The molecule has 0 saturated heterocycles.